The van der Waals surface area contributed by atoms with Gasteiger partial charge in [0.1, 0.15) is 4.83 Å². The first-order chi connectivity index (χ1) is 12.6. The molecule has 0 saturated carbocycles. The summed E-state index contributed by atoms with van der Waals surface area (Å²) in [6.45, 7) is 4.21. The molecule has 7 nitrogen and oxygen atoms in total. The van der Waals surface area contributed by atoms with Gasteiger partial charge in [0.25, 0.3) is 11.8 Å². The second-order valence-corrected chi connectivity index (χ2v) is 7.15. The van der Waals surface area contributed by atoms with Gasteiger partial charge in [-0.3, -0.25) is 14.7 Å². The maximum Gasteiger partial charge on any atom is 0.264 e. The lowest BCUT2D eigenvalue weighted by Crippen LogP contribution is -2.40. The van der Waals surface area contributed by atoms with Gasteiger partial charge in [-0.2, -0.15) is 5.10 Å². The van der Waals surface area contributed by atoms with E-state index in [9.17, 15) is 9.59 Å². The Kier molecular flexibility index (Phi) is 4.44. The van der Waals surface area contributed by atoms with Crippen LogP contribution in [0.4, 0.5) is 5.82 Å². The summed E-state index contributed by atoms with van der Waals surface area (Å²) < 4.78 is 5.29. The summed E-state index contributed by atoms with van der Waals surface area (Å²) in [6, 6.07) is 9.16. The molecular weight excluding hydrogens is 352 g/mol. The molecule has 26 heavy (non-hydrogen) atoms. The van der Waals surface area contributed by atoms with Crippen molar-refractivity contribution < 1.29 is 14.3 Å². The SMILES string of the molecule is Cc1ccccc1C(=O)Nc1n[nH]c2sc(C(=O)N3CCOCC3)cc12. The molecule has 1 fully saturated rings. The number of rotatable bonds is 3. The number of aryl methyl sites for hydroxylation is 1. The standard InChI is InChI=1S/C18H18N4O3S/c1-11-4-2-3-5-12(11)16(23)19-15-13-10-14(26-17(13)21-20-15)18(24)22-6-8-25-9-7-22/h2-5,10H,6-9H2,1H3,(H2,19,20,21,23). The Morgan fingerprint density at radius 3 is 2.81 bits per heavy atom. The highest BCUT2D eigenvalue weighted by atomic mass is 32.1. The van der Waals surface area contributed by atoms with Crippen molar-refractivity contribution in [3.8, 4) is 0 Å². The molecule has 1 saturated heterocycles. The molecule has 0 spiro atoms. The van der Waals surface area contributed by atoms with Gasteiger partial charge in [0.2, 0.25) is 0 Å². The summed E-state index contributed by atoms with van der Waals surface area (Å²) in [5.74, 6) is 0.202. The molecule has 2 N–H and O–H groups in total. The average molecular weight is 370 g/mol. The van der Waals surface area contributed by atoms with Gasteiger partial charge in [0.05, 0.1) is 23.5 Å². The van der Waals surface area contributed by atoms with Crippen molar-refractivity contribution in [2.45, 2.75) is 6.92 Å². The Bertz CT molecular complexity index is 972. The van der Waals surface area contributed by atoms with Crippen LogP contribution in [0.15, 0.2) is 30.3 Å². The molecule has 3 heterocycles. The van der Waals surface area contributed by atoms with Gasteiger partial charge in [-0.05, 0) is 24.6 Å². The van der Waals surface area contributed by atoms with E-state index in [-0.39, 0.29) is 11.8 Å². The Labute approximate surface area is 154 Å². The molecule has 1 aromatic carbocycles. The van der Waals surface area contributed by atoms with E-state index in [1.165, 1.54) is 11.3 Å². The van der Waals surface area contributed by atoms with Crippen molar-refractivity contribution in [3.05, 3.63) is 46.3 Å². The van der Waals surface area contributed by atoms with Crippen molar-refractivity contribution in [2.24, 2.45) is 0 Å². The Hall–Kier alpha value is -2.71. The number of aromatic amines is 1. The number of carbonyl (C=O) groups is 2. The lowest BCUT2D eigenvalue weighted by molar-refractivity contribution is 0.0306. The van der Waals surface area contributed by atoms with E-state index in [1.54, 1.807) is 17.0 Å². The van der Waals surface area contributed by atoms with E-state index in [2.05, 4.69) is 15.5 Å². The van der Waals surface area contributed by atoms with Crippen LogP contribution in [0.5, 0.6) is 0 Å². The van der Waals surface area contributed by atoms with Crippen LogP contribution in [0.25, 0.3) is 10.2 Å². The highest BCUT2D eigenvalue weighted by molar-refractivity contribution is 7.20. The van der Waals surface area contributed by atoms with Gasteiger partial charge >= 0.3 is 0 Å². The second-order valence-electron chi connectivity index (χ2n) is 6.10. The highest BCUT2D eigenvalue weighted by Crippen LogP contribution is 2.30. The van der Waals surface area contributed by atoms with Crippen LogP contribution < -0.4 is 5.32 Å². The smallest absolute Gasteiger partial charge is 0.264 e. The first-order valence-electron chi connectivity index (χ1n) is 8.35. The predicted molar refractivity (Wildman–Crippen MR) is 99.8 cm³/mol. The summed E-state index contributed by atoms with van der Waals surface area (Å²) in [4.78, 5) is 28.3. The number of aromatic nitrogens is 2. The van der Waals surface area contributed by atoms with Gasteiger partial charge < -0.3 is 15.0 Å². The second kappa shape index (κ2) is 6.89. The zero-order chi connectivity index (χ0) is 18.1. The molecule has 0 radical (unpaired) electrons. The number of hydrogen-bond donors (Lipinski definition) is 2. The van der Waals surface area contributed by atoms with E-state index in [0.717, 1.165) is 15.8 Å². The zero-order valence-corrected chi connectivity index (χ0v) is 15.1. The van der Waals surface area contributed by atoms with Gasteiger partial charge in [-0.1, -0.05) is 18.2 Å². The van der Waals surface area contributed by atoms with Gasteiger partial charge in [0, 0.05) is 18.7 Å². The molecule has 0 aliphatic carbocycles. The quantitative estimate of drug-likeness (QED) is 0.742. The zero-order valence-electron chi connectivity index (χ0n) is 14.2. The number of H-pyrrole nitrogens is 1. The van der Waals surface area contributed by atoms with Crippen LogP contribution in [0.1, 0.15) is 25.6 Å². The molecular formula is C18H18N4O3S. The minimum absolute atomic E-state index is 0.0147. The monoisotopic (exact) mass is 370 g/mol. The maximum absolute atomic E-state index is 12.6. The Balaban J connectivity index is 1.57. The highest BCUT2D eigenvalue weighted by Gasteiger charge is 2.22. The van der Waals surface area contributed by atoms with E-state index in [1.807, 2.05) is 25.1 Å². The summed E-state index contributed by atoms with van der Waals surface area (Å²) in [6.07, 6.45) is 0. The molecule has 134 valence electrons. The summed E-state index contributed by atoms with van der Waals surface area (Å²) in [7, 11) is 0. The predicted octanol–water partition coefficient (Wildman–Crippen LogP) is 2.66. The number of anilines is 1. The number of nitrogens with zero attached hydrogens (tertiary/aromatic N) is 2. The number of morpholine rings is 1. The molecule has 0 unspecified atom stereocenters. The fourth-order valence-corrected chi connectivity index (χ4v) is 3.91. The fourth-order valence-electron chi connectivity index (χ4n) is 2.94. The van der Waals surface area contributed by atoms with Crippen LogP contribution in [0.2, 0.25) is 0 Å². The maximum atomic E-state index is 12.6. The average Bonchev–Trinajstić information content (AvgIpc) is 3.24. The van der Waals surface area contributed by atoms with Crippen molar-refractivity contribution in [2.75, 3.05) is 31.6 Å². The van der Waals surface area contributed by atoms with Crippen LogP contribution >= 0.6 is 11.3 Å². The van der Waals surface area contributed by atoms with Crippen molar-refractivity contribution in [1.82, 2.24) is 15.1 Å². The number of ether oxygens (including phenoxy) is 1. The fraction of sp³-hybridized carbons (Fsp3) is 0.278. The number of hydrogen-bond acceptors (Lipinski definition) is 5. The van der Waals surface area contributed by atoms with Crippen LogP contribution in [0, 0.1) is 6.92 Å². The number of fused-ring (bicyclic) bond motifs is 1. The minimum Gasteiger partial charge on any atom is -0.378 e. The first-order valence-corrected chi connectivity index (χ1v) is 9.17. The minimum atomic E-state index is -0.219. The van der Waals surface area contributed by atoms with Crippen LogP contribution in [-0.2, 0) is 4.74 Å². The van der Waals surface area contributed by atoms with E-state index in [0.29, 0.717) is 42.6 Å². The first kappa shape index (κ1) is 16.7. The van der Waals surface area contributed by atoms with Gasteiger partial charge in [-0.25, -0.2) is 0 Å². The number of nitrogens with one attached hydrogen (secondary N) is 2. The molecule has 8 heteroatoms. The molecule has 1 aliphatic heterocycles. The summed E-state index contributed by atoms with van der Waals surface area (Å²) in [5, 5.41) is 10.6. The summed E-state index contributed by atoms with van der Waals surface area (Å²) in [5.41, 5.74) is 1.49. The molecule has 0 atom stereocenters. The third-order valence-corrected chi connectivity index (χ3v) is 5.41. The number of benzene rings is 1. The summed E-state index contributed by atoms with van der Waals surface area (Å²) >= 11 is 1.34. The molecule has 2 aromatic heterocycles. The molecule has 0 bridgehead atoms. The number of thiophene rings is 1. The Morgan fingerprint density at radius 1 is 1.27 bits per heavy atom. The third-order valence-electron chi connectivity index (χ3n) is 4.39. The van der Waals surface area contributed by atoms with Crippen LogP contribution in [0.3, 0.4) is 0 Å². The van der Waals surface area contributed by atoms with Gasteiger partial charge in [0.15, 0.2) is 5.82 Å². The topological polar surface area (TPSA) is 87.3 Å². The molecule has 4 rings (SSSR count). The normalized spacial score (nSPS) is 14.6. The third kappa shape index (κ3) is 3.09. The van der Waals surface area contributed by atoms with Gasteiger partial charge in [-0.15, -0.1) is 11.3 Å². The molecule has 1 aliphatic rings. The van der Waals surface area contributed by atoms with Crippen molar-refractivity contribution in [1.29, 1.82) is 0 Å². The molecule has 2 amide bonds. The van der Waals surface area contributed by atoms with Crippen molar-refractivity contribution in [3.63, 3.8) is 0 Å². The number of amides is 2. The van der Waals surface area contributed by atoms with E-state index < -0.39 is 0 Å². The van der Waals surface area contributed by atoms with Crippen LogP contribution in [-0.4, -0.2) is 53.2 Å². The van der Waals surface area contributed by atoms with Crippen molar-refractivity contribution >= 4 is 39.2 Å². The largest absolute Gasteiger partial charge is 0.378 e. The van der Waals surface area contributed by atoms with E-state index in [4.69, 9.17) is 4.74 Å². The molecule has 3 aromatic rings. The lowest BCUT2D eigenvalue weighted by Gasteiger charge is -2.26. The number of carbonyl (C=O) groups excluding carboxylic acids is 2. The lowest BCUT2D eigenvalue weighted by atomic mass is 10.1. The Morgan fingerprint density at radius 2 is 2.04 bits per heavy atom. The van der Waals surface area contributed by atoms with E-state index >= 15 is 0 Å².